The van der Waals surface area contributed by atoms with Crippen LogP contribution in [0.5, 0.6) is 0 Å². The lowest BCUT2D eigenvalue weighted by molar-refractivity contribution is 0.622. The Balaban J connectivity index is 2.87. The summed E-state index contributed by atoms with van der Waals surface area (Å²) >= 11 is 3.43. The summed E-state index contributed by atoms with van der Waals surface area (Å²) in [6.45, 7) is 0. The van der Waals surface area contributed by atoms with Gasteiger partial charge in [-0.2, -0.15) is 0 Å². The highest BCUT2D eigenvalue weighted by Crippen LogP contribution is 2.30. The van der Waals surface area contributed by atoms with Crippen LogP contribution in [-0.2, 0) is 0 Å². The molecule has 0 saturated heterocycles. The Morgan fingerprint density at radius 2 is 2.17 bits per heavy atom. The predicted octanol–water partition coefficient (Wildman–Crippen LogP) is 3.23. The average molecular weight is 293 g/mol. The van der Waals surface area contributed by atoms with Crippen molar-refractivity contribution in [3.8, 4) is 0 Å². The molecule has 0 aliphatic carbocycles. The molecule has 12 heavy (non-hydrogen) atoms. The first kappa shape index (κ1) is 8.25. The summed E-state index contributed by atoms with van der Waals surface area (Å²) in [6.07, 6.45) is 0. The first-order valence-corrected chi connectivity index (χ1v) is 5.26. The van der Waals surface area contributed by atoms with Crippen molar-refractivity contribution in [2.45, 2.75) is 0 Å². The Morgan fingerprint density at radius 3 is 2.92 bits per heavy atom. The smallest absolute Gasteiger partial charge is 0.137 e. The van der Waals surface area contributed by atoms with Crippen molar-refractivity contribution in [3.63, 3.8) is 0 Å². The monoisotopic (exact) mass is 293 g/mol. The van der Waals surface area contributed by atoms with E-state index in [1.165, 1.54) is 17.4 Å². The lowest BCUT2D eigenvalue weighted by Gasteiger charge is -1.95. The quantitative estimate of drug-likeness (QED) is 0.741. The standard InChI is InChI=1S/C8H5FINS/c9-5-2-8-4(1-6(5)10)7(11)3-12-8/h1-3H,11H2. The average Bonchev–Trinajstić information content (AvgIpc) is 2.35. The molecule has 0 aliphatic heterocycles. The topological polar surface area (TPSA) is 26.0 Å². The van der Waals surface area contributed by atoms with Gasteiger partial charge in [0.1, 0.15) is 5.82 Å². The largest absolute Gasteiger partial charge is 0.398 e. The molecule has 0 radical (unpaired) electrons. The van der Waals surface area contributed by atoms with Gasteiger partial charge in [-0.3, -0.25) is 0 Å². The van der Waals surface area contributed by atoms with E-state index in [9.17, 15) is 4.39 Å². The number of fused-ring (bicyclic) bond motifs is 1. The summed E-state index contributed by atoms with van der Waals surface area (Å²) in [5, 5.41) is 2.78. The number of thiophene rings is 1. The first-order chi connectivity index (χ1) is 5.68. The van der Waals surface area contributed by atoms with Gasteiger partial charge in [0.2, 0.25) is 0 Å². The van der Waals surface area contributed by atoms with Gasteiger partial charge in [-0.05, 0) is 34.7 Å². The summed E-state index contributed by atoms with van der Waals surface area (Å²) in [7, 11) is 0. The third-order valence-corrected chi connectivity index (χ3v) is 3.44. The van der Waals surface area contributed by atoms with E-state index in [-0.39, 0.29) is 5.82 Å². The summed E-state index contributed by atoms with van der Waals surface area (Å²) in [4.78, 5) is 0. The Kier molecular flexibility index (Phi) is 1.96. The van der Waals surface area contributed by atoms with E-state index in [4.69, 9.17) is 5.73 Å². The van der Waals surface area contributed by atoms with Crippen LogP contribution in [0.3, 0.4) is 0 Å². The third kappa shape index (κ3) is 1.19. The van der Waals surface area contributed by atoms with Crippen LogP contribution in [0.25, 0.3) is 10.1 Å². The van der Waals surface area contributed by atoms with E-state index >= 15 is 0 Å². The number of rotatable bonds is 0. The molecule has 2 N–H and O–H groups in total. The second-order valence-corrected chi connectivity index (χ2v) is 4.53. The highest BCUT2D eigenvalue weighted by Gasteiger charge is 2.05. The minimum atomic E-state index is -0.176. The zero-order valence-corrected chi connectivity index (χ0v) is 8.95. The summed E-state index contributed by atoms with van der Waals surface area (Å²) in [6, 6.07) is 3.30. The normalized spacial score (nSPS) is 10.8. The van der Waals surface area contributed by atoms with Crippen molar-refractivity contribution in [1.82, 2.24) is 0 Å². The number of nitrogens with two attached hydrogens (primary N) is 1. The molecule has 1 aromatic heterocycles. The Hall–Kier alpha value is -0.360. The van der Waals surface area contributed by atoms with Crippen molar-refractivity contribution in [2.75, 3.05) is 5.73 Å². The van der Waals surface area contributed by atoms with Crippen LogP contribution < -0.4 is 5.73 Å². The highest BCUT2D eigenvalue weighted by atomic mass is 127. The van der Waals surface area contributed by atoms with Gasteiger partial charge < -0.3 is 5.73 Å². The molecular formula is C8H5FINS. The SMILES string of the molecule is Nc1csc2cc(F)c(I)cc12. The molecule has 0 spiro atoms. The van der Waals surface area contributed by atoms with Crippen molar-refractivity contribution in [1.29, 1.82) is 0 Å². The molecule has 1 aromatic carbocycles. The molecule has 1 heterocycles. The Bertz CT molecular complexity index is 438. The van der Waals surface area contributed by atoms with E-state index < -0.39 is 0 Å². The summed E-state index contributed by atoms with van der Waals surface area (Å²) < 4.78 is 14.5. The van der Waals surface area contributed by atoms with E-state index in [2.05, 4.69) is 0 Å². The van der Waals surface area contributed by atoms with Gasteiger partial charge in [0.15, 0.2) is 0 Å². The van der Waals surface area contributed by atoms with Gasteiger partial charge in [0.05, 0.1) is 5.69 Å². The fourth-order valence-electron chi connectivity index (χ4n) is 1.04. The molecule has 2 rings (SSSR count). The van der Waals surface area contributed by atoms with Crippen LogP contribution in [-0.4, -0.2) is 0 Å². The lowest BCUT2D eigenvalue weighted by Crippen LogP contribution is -1.83. The zero-order chi connectivity index (χ0) is 8.72. The van der Waals surface area contributed by atoms with Crippen LogP contribution >= 0.6 is 33.9 Å². The third-order valence-electron chi connectivity index (χ3n) is 1.65. The van der Waals surface area contributed by atoms with E-state index in [1.807, 2.05) is 28.0 Å². The number of anilines is 1. The zero-order valence-electron chi connectivity index (χ0n) is 5.97. The number of hydrogen-bond acceptors (Lipinski definition) is 2. The van der Waals surface area contributed by atoms with Gasteiger partial charge >= 0.3 is 0 Å². The molecule has 0 amide bonds. The van der Waals surface area contributed by atoms with Crippen molar-refractivity contribution in [3.05, 3.63) is 26.9 Å². The fraction of sp³-hybridized carbons (Fsp3) is 0. The van der Waals surface area contributed by atoms with Crippen LogP contribution in [0.2, 0.25) is 0 Å². The molecule has 62 valence electrons. The molecule has 0 saturated carbocycles. The molecule has 0 aliphatic rings. The van der Waals surface area contributed by atoms with E-state index in [0.29, 0.717) is 3.57 Å². The molecule has 2 aromatic rings. The number of hydrogen-bond donors (Lipinski definition) is 1. The minimum absolute atomic E-state index is 0.176. The lowest BCUT2D eigenvalue weighted by atomic mass is 10.2. The van der Waals surface area contributed by atoms with Crippen molar-refractivity contribution in [2.24, 2.45) is 0 Å². The molecule has 1 nitrogen and oxygen atoms in total. The maximum Gasteiger partial charge on any atom is 0.137 e. The predicted molar refractivity (Wildman–Crippen MR) is 58.9 cm³/mol. The van der Waals surface area contributed by atoms with Gasteiger partial charge in [0, 0.05) is 19.0 Å². The van der Waals surface area contributed by atoms with E-state index in [0.717, 1.165) is 15.8 Å². The Morgan fingerprint density at radius 1 is 1.42 bits per heavy atom. The molecular weight excluding hydrogens is 288 g/mol. The van der Waals surface area contributed by atoms with Crippen LogP contribution in [0.4, 0.5) is 10.1 Å². The molecule has 4 heteroatoms. The number of nitrogen functional groups attached to an aromatic ring is 1. The maximum absolute atomic E-state index is 13.0. The molecule has 0 unspecified atom stereocenters. The second kappa shape index (κ2) is 2.85. The van der Waals surface area contributed by atoms with Crippen LogP contribution in [0.15, 0.2) is 17.5 Å². The van der Waals surface area contributed by atoms with Crippen LogP contribution in [0, 0.1) is 9.39 Å². The fourth-order valence-corrected chi connectivity index (χ4v) is 2.37. The Labute approximate surface area is 86.5 Å². The first-order valence-electron chi connectivity index (χ1n) is 3.30. The van der Waals surface area contributed by atoms with Gasteiger partial charge in [-0.1, -0.05) is 0 Å². The van der Waals surface area contributed by atoms with Gasteiger partial charge in [-0.15, -0.1) is 11.3 Å². The maximum atomic E-state index is 13.0. The summed E-state index contributed by atoms with van der Waals surface area (Å²) in [5.74, 6) is -0.176. The van der Waals surface area contributed by atoms with Crippen molar-refractivity contribution >= 4 is 49.7 Å². The van der Waals surface area contributed by atoms with Crippen LogP contribution in [0.1, 0.15) is 0 Å². The molecule has 0 fully saturated rings. The summed E-state index contributed by atoms with van der Waals surface area (Å²) in [5.41, 5.74) is 6.41. The van der Waals surface area contributed by atoms with E-state index in [1.54, 1.807) is 6.07 Å². The second-order valence-electron chi connectivity index (χ2n) is 2.45. The number of halogens is 2. The number of benzene rings is 1. The van der Waals surface area contributed by atoms with Gasteiger partial charge in [-0.25, -0.2) is 4.39 Å². The highest BCUT2D eigenvalue weighted by molar-refractivity contribution is 14.1. The minimum Gasteiger partial charge on any atom is -0.398 e. The molecule has 0 bridgehead atoms. The molecule has 0 atom stereocenters. The van der Waals surface area contributed by atoms with Gasteiger partial charge in [0.25, 0.3) is 0 Å². The van der Waals surface area contributed by atoms with Crippen molar-refractivity contribution < 1.29 is 4.39 Å².